The van der Waals surface area contributed by atoms with Crippen molar-refractivity contribution in [1.29, 1.82) is 0 Å². The van der Waals surface area contributed by atoms with E-state index in [1.54, 1.807) is 11.3 Å². The van der Waals surface area contributed by atoms with Crippen LogP contribution in [-0.2, 0) is 0 Å². The van der Waals surface area contributed by atoms with E-state index in [-0.39, 0.29) is 0 Å². The van der Waals surface area contributed by atoms with E-state index in [1.165, 1.54) is 20.2 Å². The lowest BCUT2D eigenvalue weighted by Crippen LogP contribution is -2.00. The minimum Gasteiger partial charge on any atom is -0.436 e. The molecule has 0 bridgehead atoms. The quantitative estimate of drug-likeness (QED) is 0.184. The van der Waals surface area contributed by atoms with Crippen LogP contribution in [0.3, 0.4) is 0 Å². The van der Waals surface area contributed by atoms with Crippen molar-refractivity contribution in [3.63, 3.8) is 0 Å². The third-order valence-corrected chi connectivity index (χ3v) is 10.4. The molecule has 6 heteroatoms. The van der Waals surface area contributed by atoms with E-state index in [0.29, 0.717) is 23.4 Å². The molecule has 50 heavy (non-hydrogen) atoms. The maximum absolute atomic E-state index is 6.44. The Balaban J connectivity index is 1.12. The maximum Gasteiger partial charge on any atom is 0.227 e. The molecule has 0 aliphatic heterocycles. The second-order valence-corrected chi connectivity index (χ2v) is 13.3. The molecule has 0 fully saturated rings. The van der Waals surface area contributed by atoms with Crippen molar-refractivity contribution in [3.8, 4) is 56.7 Å². The Bertz CT molecular complexity index is 2860. The lowest BCUT2D eigenvalue weighted by Gasteiger charge is -2.10. The summed E-state index contributed by atoms with van der Waals surface area (Å²) < 4.78 is 8.84. The van der Waals surface area contributed by atoms with Crippen LogP contribution in [-0.4, -0.2) is 19.9 Å². The summed E-state index contributed by atoms with van der Waals surface area (Å²) in [5.74, 6) is 2.52. The number of fused-ring (bicyclic) bond motifs is 6. The molecule has 10 rings (SSSR count). The van der Waals surface area contributed by atoms with Crippen molar-refractivity contribution < 1.29 is 4.42 Å². The smallest absolute Gasteiger partial charge is 0.227 e. The van der Waals surface area contributed by atoms with Crippen LogP contribution in [0.15, 0.2) is 162 Å². The van der Waals surface area contributed by atoms with Crippen molar-refractivity contribution in [2.75, 3.05) is 0 Å². The van der Waals surface area contributed by atoms with E-state index in [2.05, 4.69) is 97.1 Å². The van der Waals surface area contributed by atoms with Crippen molar-refractivity contribution in [1.82, 2.24) is 19.9 Å². The molecule has 234 valence electrons. The topological polar surface area (TPSA) is 64.7 Å². The minimum absolute atomic E-state index is 0.621. The van der Waals surface area contributed by atoms with Crippen LogP contribution in [0.1, 0.15) is 0 Å². The van der Waals surface area contributed by atoms with E-state index in [4.69, 9.17) is 24.4 Å². The van der Waals surface area contributed by atoms with Gasteiger partial charge in [0.25, 0.3) is 0 Å². The van der Waals surface area contributed by atoms with Crippen LogP contribution in [0.25, 0.3) is 98.8 Å². The van der Waals surface area contributed by atoms with E-state index < -0.39 is 0 Å². The molecule has 0 saturated heterocycles. The Labute approximate surface area is 291 Å². The summed E-state index contributed by atoms with van der Waals surface area (Å²) in [7, 11) is 0. The van der Waals surface area contributed by atoms with Gasteiger partial charge in [0.15, 0.2) is 23.1 Å². The highest BCUT2D eigenvalue weighted by molar-refractivity contribution is 7.26. The van der Waals surface area contributed by atoms with Crippen molar-refractivity contribution >= 4 is 53.4 Å². The van der Waals surface area contributed by atoms with Gasteiger partial charge >= 0.3 is 0 Å². The fourth-order valence-electron chi connectivity index (χ4n) is 6.67. The summed E-state index contributed by atoms with van der Waals surface area (Å²) >= 11 is 1.79. The van der Waals surface area contributed by atoms with Crippen LogP contribution in [0.5, 0.6) is 0 Å². The fourth-order valence-corrected chi connectivity index (χ4v) is 7.91. The monoisotopic (exact) mass is 658 g/mol. The standard InChI is InChI=1S/C44H26N4OS/c1-3-12-29(13-4-1)41-46-42(48-43(47-41)33-24-19-27-11-7-8-16-32(27)25-33)30-22-20-28(21-23-30)35-26-36-39(45-44(49-36)31-14-5-2-6-15-31)38-34-17-9-10-18-37(34)50-40(35)38/h1-26H. The minimum atomic E-state index is 0.621. The van der Waals surface area contributed by atoms with Crippen LogP contribution in [0.4, 0.5) is 0 Å². The van der Waals surface area contributed by atoms with Crippen LogP contribution < -0.4 is 0 Å². The van der Waals surface area contributed by atoms with Crippen molar-refractivity contribution in [3.05, 3.63) is 158 Å². The molecule has 0 atom stereocenters. The Morgan fingerprint density at radius 1 is 0.440 bits per heavy atom. The molecule has 0 amide bonds. The summed E-state index contributed by atoms with van der Waals surface area (Å²) in [6, 6.07) is 54.0. The van der Waals surface area contributed by atoms with E-state index in [0.717, 1.165) is 55.3 Å². The predicted molar refractivity (Wildman–Crippen MR) is 205 cm³/mol. The van der Waals surface area contributed by atoms with Gasteiger partial charge in [0.2, 0.25) is 5.89 Å². The number of aromatic nitrogens is 4. The Morgan fingerprint density at radius 2 is 1.02 bits per heavy atom. The number of thiophene rings is 1. The maximum atomic E-state index is 6.44. The van der Waals surface area contributed by atoms with Crippen LogP contribution >= 0.6 is 11.3 Å². The number of benzene rings is 7. The molecule has 3 heterocycles. The number of hydrogen-bond donors (Lipinski definition) is 0. The molecule has 0 aliphatic carbocycles. The number of rotatable bonds is 5. The second kappa shape index (κ2) is 11.6. The molecule has 0 saturated carbocycles. The van der Waals surface area contributed by atoms with Crippen LogP contribution in [0, 0.1) is 0 Å². The van der Waals surface area contributed by atoms with Gasteiger partial charge in [-0.05, 0) is 46.7 Å². The average molecular weight is 659 g/mol. The molecule has 0 aliphatic rings. The molecular weight excluding hydrogens is 633 g/mol. The van der Waals surface area contributed by atoms with Gasteiger partial charge in [-0.15, -0.1) is 11.3 Å². The molecule has 7 aromatic carbocycles. The first-order valence-electron chi connectivity index (χ1n) is 16.5. The number of nitrogens with zero attached hydrogens (tertiary/aromatic N) is 4. The molecule has 3 aromatic heterocycles. The summed E-state index contributed by atoms with van der Waals surface area (Å²) in [6.07, 6.45) is 0. The average Bonchev–Trinajstić information content (AvgIpc) is 3.80. The Kier molecular flexibility index (Phi) is 6.60. The van der Waals surface area contributed by atoms with Gasteiger partial charge in [-0.2, -0.15) is 0 Å². The first-order chi connectivity index (χ1) is 24.7. The first kappa shape index (κ1) is 28.5. The SMILES string of the molecule is c1ccc(-c2nc(-c3ccc(-c4cc5oc(-c6ccccc6)nc5c5c4sc4ccccc45)cc3)nc(-c3ccc4ccccc4c3)n2)cc1. The van der Waals surface area contributed by atoms with Gasteiger partial charge in [0.05, 0.1) is 0 Å². The second-order valence-electron chi connectivity index (χ2n) is 12.3. The van der Waals surface area contributed by atoms with E-state index in [9.17, 15) is 0 Å². The largest absolute Gasteiger partial charge is 0.436 e. The third-order valence-electron chi connectivity index (χ3n) is 9.16. The summed E-state index contributed by atoms with van der Waals surface area (Å²) in [5, 5.41) is 4.63. The Hall–Kier alpha value is -6.50. The molecule has 5 nitrogen and oxygen atoms in total. The van der Waals surface area contributed by atoms with Gasteiger partial charge in [-0.3, -0.25) is 0 Å². The van der Waals surface area contributed by atoms with Crippen molar-refractivity contribution in [2.24, 2.45) is 0 Å². The molecule has 0 radical (unpaired) electrons. The predicted octanol–water partition coefficient (Wildman–Crippen LogP) is 11.9. The lowest BCUT2D eigenvalue weighted by molar-refractivity contribution is 0.620. The highest BCUT2D eigenvalue weighted by Crippen LogP contribution is 2.45. The lowest BCUT2D eigenvalue weighted by atomic mass is 10.00. The molecular formula is C44H26N4OS. The number of hydrogen-bond acceptors (Lipinski definition) is 6. The van der Waals surface area contributed by atoms with Gasteiger partial charge in [0.1, 0.15) is 5.52 Å². The highest BCUT2D eigenvalue weighted by atomic mass is 32.1. The van der Waals surface area contributed by atoms with Gasteiger partial charge in [-0.1, -0.05) is 127 Å². The van der Waals surface area contributed by atoms with Gasteiger partial charge in [0, 0.05) is 48.0 Å². The van der Waals surface area contributed by atoms with Crippen molar-refractivity contribution in [2.45, 2.75) is 0 Å². The van der Waals surface area contributed by atoms with Gasteiger partial charge in [-0.25, -0.2) is 19.9 Å². The van der Waals surface area contributed by atoms with Crippen LogP contribution in [0.2, 0.25) is 0 Å². The molecule has 0 N–H and O–H groups in total. The van der Waals surface area contributed by atoms with Gasteiger partial charge < -0.3 is 4.42 Å². The molecule has 0 spiro atoms. The molecule has 10 aromatic rings. The van der Waals surface area contributed by atoms with E-state index in [1.807, 2.05) is 60.7 Å². The zero-order valence-corrected chi connectivity index (χ0v) is 27.4. The number of oxazole rings is 1. The first-order valence-corrected chi connectivity index (χ1v) is 17.3. The highest BCUT2D eigenvalue weighted by Gasteiger charge is 2.20. The zero-order valence-electron chi connectivity index (χ0n) is 26.6. The summed E-state index contributed by atoms with van der Waals surface area (Å²) in [4.78, 5) is 20.0. The normalized spacial score (nSPS) is 11.6. The Morgan fingerprint density at radius 3 is 1.78 bits per heavy atom. The third kappa shape index (κ3) is 4.85. The summed E-state index contributed by atoms with van der Waals surface area (Å²) in [5.41, 5.74) is 7.60. The summed E-state index contributed by atoms with van der Waals surface area (Å²) in [6.45, 7) is 0. The van der Waals surface area contributed by atoms with E-state index >= 15 is 0 Å². The zero-order chi connectivity index (χ0) is 33.0. The molecule has 0 unspecified atom stereocenters. The fraction of sp³-hybridized carbons (Fsp3) is 0.